The van der Waals surface area contributed by atoms with Gasteiger partial charge in [0.15, 0.2) is 5.78 Å². The van der Waals surface area contributed by atoms with Crippen molar-refractivity contribution in [2.24, 2.45) is 0 Å². The number of hydrogen-bond acceptors (Lipinski definition) is 1. The van der Waals surface area contributed by atoms with E-state index in [1.807, 2.05) is 0 Å². The van der Waals surface area contributed by atoms with Crippen LogP contribution < -0.4 is 0 Å². The van der Waals surface area contributed by atoms with Crippen molar-refractivity contribution >= 4 is 17.4 Å². The van der Waals surface area contributed by atoms with Gasteiger partial charge in [-0.25, -0.2) is 0 Å². The molecule has 0 saturated heterocycles. The van der Waals surface area contributed by atoms with Gasteiger partial charge in [-0.15, -0.1) is 11.6 Å². The summed E-state index contributed by atoms with van der Waals surface area (Å²) in [5.74, 6) is 0.245. The zero-order valence-corrected chi connectivity index (χ0v) is 6.16. The quantitative estimate of drug-likeness (QED) is 0.378. The first-order valence-electron chi connectivity index (χ1n) is 3.47. The maximum atomic E-state index is 10.9. The molecule has 9 heavy (non-hydrogen) atoms. The van der Waals surface area contributed by atoms with E-state index < -0.39 is 0 Å². The van der Waals surface area contributed by atoms with Crippen LogP contribution >= 0.6 is 11.6 Å². The van der Waals surface area contributed by atoms with Crippen LogP contribution in [0.2, 0.25) is 0 Å². The summed E-state index contributed by atoms with van der Waals surface area (Å²) in [4.78, 5) is 10.9. The Kier molecular flexibility index (Phi) is 2.52. The number of alkyl halides is 1. The van der Waals surface area contributed by atoms with Gasteiger partial charge in [0.1, 0.15) is 0 Å². The van der Waals surface area contributed by atoms with Crippen molar-refractivity contribution in [3.8, 4) is 0 Å². The van der Waals surface area contributed by atoms with Gasteiger partial charge in [0.2, 0.25) is 0 Å². The molecule has 0 aliphatic heterocycles. The zero-order valence-electron chi connectivity index (χ0n) is 5.40. The molecule has 0 aromatic carbocycles. The van der Waals surface area contributed by atoms with Crippen LogP contribution in [0.4, 0.5) is 0 Å². The third-order valence-corrected chi connectivity index (χ3v) is 2.19. The van der Waals surface area contributed by atoms with Gasteiger partial charge in [-0.3, -0.25) is 4.79 Å². The lowest BCUT2D eigenvalue weighted by atomic mass is 10.2. The minimum atomic E-state index is -0.174. The summed E-state index contributed by atoms with van der Waals surface area (Å²) in [6.07, 6.45) is 4.94. The molecule has 1 fully saturated rings. The summed E-state index contributed by atoms with van der Waals surface area (Å²) >= 11 is 5.72. The minimum Gasteiger partial charge on any atom is -0.298 e. The second-order valence-electron chi connectivity index (χ2n) is 2.53. The molecule has 0 radical (unpaired) electrons. The van der Waals surface area contributed by atoms with Crippen LogP contribution in [-0.4, -0.2) is 11.2 Å². The number of rotatable bonds is 0. The molecule has 0 amide bonds. The van der Waals surface area contributed by atoms with E-state index in [0.29, 0.717) is 6.42 Å². The van der Waals surface area contributed by atoms with Crippen LogP contribution in [0, 0.1) is 0 Å². The lowest BCUT2D eigenvalue weighted by molar-refractivity contribution is -0.118. The molecular formula is C7H11ClO. The maximum absolute atomic E-state index is 10.9. The van der Waals surface area contributed by atoms with E-state index in [1.54, 1.807) is 0 Å². The Hall–Kier alpha value is -0.0400. The van der Waals surface area contributed by atoms with E-state index in [9.17, 15) is 4.79 Å². The van der Waals surface area contributed by atoms with Crippen molar-refractivity contribution in [1.82, 2.24) is 0 Å². The zero-order chi connectivity index (χ0) is 6.69. The van der Waals surface area contributed by atoms with Crippen LogP contribution in [-0.2, 0) is 4.79 Å². The molecule has 1 aliphatic rings. The number of hydrogen-bond donors (Lipinski definition) is 0. The van der Waals surface area contributed by atoms with E-state index in [-0.39, 0.29) is 11.2 Å². The lowest BCUT2D eigenvalue weighted by Crippen LogP contribution is -2.10. The van der Waals surface area contributed by atoms with Gasteiger partial charge in [0, 0.05) is 6.42 Å². The van der Waals surface area contributed by atoms with Crippen LogP contribution in [0.5, 0.6) is 0 Å². The molecule has 1 unspecified atom stereocenters. The number of Topliss-reactive ketones (excluding diaryl/α,β-unsaturated/α-hetero) is 1. The Morgan fingerprint density at radius 2 is 2.11 bits per heavy atom. The summed E-state index contributed by atoms with van der Waals surface area (Å²) in [6.45, 7) is 0. The van der Waals surface area contributed by atoms with Crippen LogP contribution in [0.15, 0.2) is 0 Å². The summed E-state index contributed by atoms with van der Waals surface area (Å²) in [5, 5.41) is -0.174. The summed E-state index contributed by atoms with van der Waals surface area (Å²) in [5.41, 5.74) is 0. The standard InChI is InChI=1S/C7H11ClO/c8-6-4-2-1-3-5-7(6)9/h6H,1-5H2. The second-order valence-corrected chi connectivity index (χ2v) is 3.06. The highest BCUT2D eigenvalue weighted by atomic mass is 35.5. The molecule has 0 spiro atoms. The third kappa shape index (κ3) is 1.98. The average molecular weight is 147 g/mol. The minimum absolute atomic E-state index is 0.174. The van der Waals surface area contributed by atoms with Crippen molar-refractivity contribution in [3.05, 3.63) is 0 Å². The highest BCUT2D eigenvalue weighted by Gasteiger charge is 2.16. The topological polar surface area (TPSA) is 17.1 Å². The molecule has 2 heteroatoms. The first-order chi connectivity index (χ1) is 4.30. The fraction of sp³-hybridized carbons (Fsp3) is 0.857. The molecule has 1 rings (SSSR count). The molecule has 0 aromatic heterocycles. The normalized spacial score (nSPS) is 29.9. The van der Waals surface area contributed by atoms with Crippen LogP contribution in [0.25, 0.3) is 0 Å². The van der Waals surface area contributed by atoms with Crippen molar-refractivity contribution in [2.45, 2.75) is 37.5 Å². The van der Waals surface area contributed by atoms with Crippen molar-refractivity contribution in [3.63, 3.8) is 0 Å². The van der Waals surface area contributed by atoms with Gasteiger partial charge in [0.05, 0.1) is 5.38 Å². The van der Waals surface area contributed by atoms with Crippen molar-refractivity contribution < 1.29 is 4.79 Å². The Bertz CT molecular complexity index is 111. The van der Waals surface area contributed by atoms with Gasteiger partial charge in [-0.1, -0.05) is 12.8 Å². The molecule has 0 aromatic rings. The first kappa shape index (κ1) is 7.07. The molecule has 1 nitrogen and oxygen atoms in total. The average Bonchev–Trinajstić information content (AvgIpc) is 1.99. The van der Waals surface area contributed by atoms with E-state index >= 15 is 0 Å². The third-order valence-electron chi connectivity index (χ3n) is 1.73. The van der Waals surface area contributed by atoms with Crippen molar-refractivity contribution in [1.29, 1.82) is 0 Å². The van der Waals surface area contributed by atoms with Crippen molar-refractivity contribution in [2.75, 3.05) is 0 Å². The van der Waals surface area contributed by atoms with Gasteiger partial charge < -0.3 is 0 Å². The van der Waals surface area contributed by atoms with Gasteiger partial charge >= 0.3 is 0 Å². The Morgan fingerprint density at radius 1 is 1.33 bits per heavy atom. The molecule has 0 N–H and O–H groups in total. The number of ketones is 1. The van der Waals surface area contributed by atoms with E-state index in [4.69, 9.17) is 11.6 Å². The van der Waals surface area contributed by atoms with Gasteiger partial charge in [-0.2, -0.15) is 0 Å². The first-order valence-corrected chi connectivity index (χ1v) is 3.91. The molecule has 1 saturated carbocycles. The van der Waals surface area contributed by atoms with Gasteiger partial charge in [0.25, 0.3) is 0 Å². The summed E-state index contributed by atoms with van der Waals surface area (Å²) in [6, 6.07) is 0. The molecule has 0 bridgehead atoms. The van der Waals surface area contributed by atoms with Crippen LogP contribution in [0.1, 0.15) is 32.1 Å². The molecular weight excluding hydrogens is 136 g/mol. The Morgan fingerprint density at radius 3 is 2.89 bits per heavy atom. The molecule has 1 aliphatic carbocycles. The highest BCUT2D eigenvalue weighted by molar-refractivity contribution is 6.31. The van der Waals surface area contributed by atoms with E-state index in [1.165, 1.54) is 6.42 Å². The fourth-order valence-electron chi connectivity index (χ4n) is 1.12. The SMILES string of the molecule is O=C1CCCCCC1Cl. The van der Waals surface area contributed by atoms with Gasteiger partial charge in [-0.05, 0) is 12.8 Å². The molecule has 52 valence electrons. The van der Waals surface area contributed by atoms with E-state index in [2.05, 4.69) is 0 Å². The predicted molar refractivity (Wildman–Crippen MR) is 37.7 cm³/mol. The second kappa shape index (κ2) is 3.21. The summed E-state index contributed by atoms with van der Waals surface area (Å²) < 4.78 is 0. The number of halogens is 1. The smallest absolute Gasteiger partial charge is 0.150 e. The monoisotopic (exact) mass is 146 g/mol. The predicted octanol–water partition coefficient (Wildman–Crippen LogP) is 2.13. The molecule has 1 atom stereocenters. The largest absolute Gasteiger partial charge is 0.298 e. The summed E-state index contributed by atoms with van der Waals surface area (Å²) in [7, 11) is 0. The lowest BCUT2D eigenvalue weighted by Gasteiger charge is -1.99. The Labute approximate surface area is 60.4 Å². The maximum Gasteiger partial charge on any atom is 0.150 e. The highest BCUT2D eigenvalue weighted by Crippen LogP contribution is 2.18. The number of carbonyl (C=O) groups is 1. The number of carbonyl (C=O) groups excluding carboxylic acids is 1. The van der Waals surface area contributed by atoms with E-state index in [0.717, 1.165) is 19.3 Å². The molecule has 0 heterocycles. The Balaban J connectivity index is 2.41. The fourth-order valence-corrected chi connectivity index (χ4v) is 1.38. The van der Waals surface area contributed by atoms with Crippen LogP contribution in [0.3, 0.4) is 0 Å².